The second-order valence-electron chi connectivity index (χ2n) is 5.16. The molecule has 0 radical (unpaired) electrons. The van der Waals surface area contributed by atoms with E-state index in [1.54, 1.807) is 0 Å². The van der Waals surface area contributed by atoms with Gasteiger partial charge in [0.05, 0.1) is 6.04 Å². The first-order chi connectivity index (χ1) is 7.68. The molecule has 0 aliphatic carbocycles. The zero-order valence-corrected chi connectivity index (χ0v) is 10.3. The van der Waals surface area contributed by atoms with Crippen LogP contribution in [0.15, 0.2) is 0 Å². The van der Waals surface area contributed by atoms with Crippen LogP contribution in [-0.4, -0.2) is 35.6 Å². The van der Waals surface area contributed by atoms with Gasteiger partial charge in [-0.1, -0.05) is 6.42 Å². The molecule has 2 aliphatic heterocycles. The molecule has 4 heteroatoms. The van der Waals surface area contributed by atoms with Gasteiger partial charge in [-0.15, -0.1) is 0 Å². The molecule has 1 amide bonds. The lowest BCUT2D eigenvalue weighted by molar-refractivity contribution is -0.131. The highest BCUT2D eigenvalue weighted by atomic mass is 16.2. The third-order valence-electron chi connectivity index (χ3n) is 3.81. The van der Waals surface area contributed by atoms with Gasteiger partial charge < -0.3 is 5.32 Å². The Morgan fingerprint density at radius 2 is 1.88 bits per heavy atom. The van der Waals surface area contributed by atoms with Gasteiger partial charge in [0.1, 0.15) is 0 Å². The second-order valence-corrected chi connectivity index (χ2v) is 5.16. The Morgan fingerprint density at radius 3 is 2.44 bits per heavy atom. The van der Waals surface area contributed by atoms with Crippen LogP contribution in [0, 0.1) is 0 Å². The van der Waals surface area contributed by atoms with Gasteiger partial charge >= 0.3 is 0 Å². The first-order valence-corrected chi connectivity index (χ1v) is 6.50. The summed E-state index contributed by atoms with van der Waals surface area (Å²) in [6.45, 7) is 5.36. The molecule has 3 atom stereocenters. The van der Waals surface area contributed by atoms with Crippen LogP contribution in [0.5, 0.6) is 0 Å². The van der Waals surface area contributed by atoms with Crippen LogP contribution in [-0.2, 0) is 4.79 Å². The predicted molar refractivity (Wildman–Crippen MR) is 63.8 cm³/mol. The van der Waals surface area contributed by atoms with E-state index < -0.39 is 0 Å². The minimum absolute atomic E-state index is 0.0290. The molecule has 2 saturated heterocycles. The van der Waals surface area contributed by atoms with Gasteiger partial charge in [0.15, 0.2) is 0 Å². The number of carbonyl (C=O) groups excluding carboxylic acids is 1. The minimum atomic E-state index is 0.0290. The summed E-state index contributed by atoms with van der Waals surface area (Å²) in [5, 5.41) is 5.38. The summed E-state index contributed by atoms with van der Waals surface area (Å²) in [4.78, 5) is 12.0. The molecule has 92 valence electrons. The van der Waals surface area contributed by atoms with Gasteiger partial charge in [-0.2, -0.15) is 0 Å². The maximum Gasteiger partial charge on any atom is 0.251 e. The van der Waals surface area contributed by atoms with Crippen molar-refractivity contribution in [3.05, 3.63) is 0 Å². The van der Waals surface area contributed by atoms with E-state index in [1.165, 1.54) is 19.3 Å². The molecule has 2 aliphatic rings. The van der Waals surface area contributed by atoms with Crippen molar-refractivity contribution < 1.29 is 4.79 Å². The third-order valence-corrected chi connectivity index (χ3v) is 3.81. The summed E-state index contributed by atoms with van der Waals surface area (Å²) in [5.41, 5.74) is 3.09. The van der Waals surface area contributed by atoms with Crippen LogP contribution < -0.4 is 10.7 Å². The van der Waals surface area contributed by atoms with Crippen LogP contribution in [0.2, 0.25) is 0 Å². The first-order valence-electron chi connectivity index (χ1n) is 6.50. The summed E-state index contributed by atoms with van der Waals surface area (Å²) < 4.78 is 0. The van der Waals surface area contributed by atoms with E-state index in [0.29, 0.717) is 12.1 Å². The summed E-state index contributed by atoms with van der Waals surface area (Å²) in [5.74, 6) is 0.151. The molecule has 0 saturated carbocycles. The predicted octanol–water partition coefficient (Wildman–Crippen LogP) is 1.03. The monoisotopic (exact) mass is 225 g/mol. The van der Waals surface area contributed by atoms with Crippen molar-refractivity contribution in [3.8, 4) is 0 Å². The Labute approximate surface area is 97.7 Å². The number of piperidine rings is 1. The van der Waals surface area contributed by atoms with E-state index in [9.17, 15) is 4.79 Å². The molecule has 2 unspecified atom stereocenters. The van der Waals surface area contributed by atoms with Gasteiger partial charge in [0, 0.05) is 12.1 Å². The zero-order valence-electron chi connectivity index (χ0n) is 10.3. The van der Waals surface area contributed by atoms with Gasteiger partial charge in [-0.05, 0) is 46.1 Å². The van der Waals surface area contributed by atoms with Gasteiger partial charge in [0.25, 0.3) is 5.91 Å². The molecular weight excluding hydrogens is 202 g/mol. The molecule has 0 aromatic heterocycles. The third kappa shape index (κ3) is 2.55. The standard InChI is InChI=1S/C12H23N3O/c1-9-5-3-6-10(2)15(9)14-12(16)11-7-4-8-13-11/h9-11,13H,3-8H2,1-2H3,(H,14,16)/t9?,10?,11-/m1/s1. The Morgan fingerprint density at radius 1 is 1.19 bits per heavy atom. The number of amides is 1. The Hall–Kier alpha value is -0.610. The second kappa shape index (κ2) is 5.15. The molecule has 2 rings (SSSR count). The number of hydrogen-bond donors (Lipinski definition) is 2. The maximum atomic E-state index is 12.0. The van der Waals surface area contributed by atoms with Gasteiger partial charge in [-0.3, -0.25) is 10.2 Å². The Kier molecular flexibility index (Phi) is 3.82. The maximum absolute atomic E-state index is 12.0. The lowest BCUT2D eigenvalue weighted by Crippen LogP contribution is -2.57. The average Bonchev–Trinajstić information content (AvgIpc) is 2.76. The fraction of sp³-hybridized carbons (Fsp3) is 0.917. The molecule has 4 nitrogen and oxygen atoms in total. The quantitative estimate of drug-likeness (QED) is 0.738. The SMILES string of the molecule is CC1CCCC(C)N1NC(=O)[C@H]1CCCN1. The van der Waals surface area contributed by atoms with Gasteiger partial charge in [-0.25, -0.2) is 5.01 Å². The van der Waals surface area contributed by atoms with Crippen LogP contribution in [0.25, 0.3) is 0 Å². The van der Waals surface area contributed by atoms with E-state index in [2.05, 4.69) is 29.6 Å². The van der Waals surface area contributed by atoms with Crippen LogP contribution in [0.1, 0.15) is 46.0 Å². The van der Waals surface area contributed by atoms with Crippen LogP contribution >= 0.6 is 0 Å². The molecular formula is C12H23N3O. The van der Waals surface area contributed by atoms with Crippen molar-refractivity contribution in [3.63, 3.8) is 0 Å². The Bertz CT molecular complexity index is 241. The van der Waals surface area contributed by atoms with Crippen molar-refractivity contribution in [2.75, 3.05) is 6.54 Å². The number of hydrazine groups is 1. The molecule has 0 bridgehead atoms. The number of rotatable bonds is 2. The van der Waals surface area contributed by atoms with Crippen LogP contribution in [0.3, 0.4) is 0 Å². The van der Waals surface area contributed by atoms with Crippen LogP contribution in [0.4, 0.5) is 0 Å². The Balaban J connectivity index is 1.88. The van der Waals surface area contributed by atoms with Crippen molar-refractivity contribution in [2.24, 2.45) is 0 Å². The number of carbonyl (C=O) groups is 1. The lowest BCUT2D eigenvalue weighted by Gasteiger charge is -2.39. The molecule has 2 N–H and O–H groups in total. The fourth-order valence-electron chi connectivity index (χ4n) is 2.76. The normalized spacial score (nSPS) is 36.2. The number of hydrogen-bond acceptors (Lipinski definition) is 3. The molecule has 0 spiro atoms. The molecule has 0 aromatic carbocycles. The van der Waals surface area contributed by atoms with Crippen molar-refractivity contribution in [1.29, 1.82) is 0 Å². The van der Waals surface area contributed by atoms with E-state index in [0.717, 1.165) is 19.4 Å². The largest absolute Gasteiger partial charge is 0.306 e. The topological polar surface area (TPSA) is 44.4 Å². The van der Waals surface area contributed by atoms with E-state index >= 15 is 0 Å². The summed E-state index contributed by atoms with van der Waals surface area (Å²) in [6, 6.07) is 0.963. The highest BCUT2D eigenvalue weighted by molar-refractivity contribution is 5.81. The van der Waals surface area contributed by atoms with Crippen molar-refractivity contribution in [2.45, 2.75) is 64.1 Å². The summed E-state index contributed by atoms with van der Waals surface area (Å²) >= 11 is 0. The zero-order chi connectivity index (χ0) is 11.5. The van der Waals surface area contributed by atoms with E-state index in [4.69, 9.17) is 0 Å². The first kappa shape index (κ1) is 11.9. The lowest BCUT2D eigenvalue weighted by atomic mass is 10.00. The van der Waals surface area contributed by atoms with E-state index in [1.807, 2.05) is 0 Å². The summed E-state index contributed by atoms with van der Waals surface area (Å²) in [6.07, 6.45) is 5.73. The molecule has 16 heavy (non-hydrogen) atoms. The number of nitrogens with one attached hydrogen (secondary N) is 2. The smallest absolute Gasteiger partial charge is 0.251 e. The van der Waals surface area contributed by atoms with Crippen molar-refractivity contribution in [1.82, 2.24) is 15.8 Å². The van der Waals surface area contributed by atoms with Crippen molar-refractivity contribution >= 4 is 5.91 Å². The highest BCUT2D eigenvalue weighted by Crippen LogP contribution is 2.20. The number of nitrogens with zero attached hydrogens (tertiary/aromatic N) is 1. The fourth-order valence-corrected chi connectivity index (χ4v) is 2.76. The summed E-state index contributed by atoms with van der Waals surface area (Å²) in [7, 11) is 0. The van der Waals surface area contributed by atoms with E-state index in [-0.39, 0.29) is 11.9 Å². The minimum Gasteiger partial charge on any atom is -0.306 e. The molecule has 2 heterocycles. The van der Waals surface area contributed by atoms with Gasteiger partial charge in [0.2, 0.25) is 0 Å². The highest BCUT2D eigenvalue weighted by Gasteiger charge is 2.29. The average molecular weight is 225 g/mol. The molecule has 0 aromatic rings. The molecule has 2 fully saturated rings.